The van der Waals surface area contributed by atoms with Gasteiger partial charge in [-0.15, -0.1) is 0 Å². The second kappa shape index (κ2) is 4.01. The van der Waals surface area contributed by atoms with E-state index >= 15 is 0 Å². The van der Waals surface area contributed by atoms with Gasteiger partial charge in [-0.2, -0.15) is 0 Å². The van der Waals surface area contributed by atoms with Crippen LogP contribution in [0.4, 0.5) is 5.88 Å². The summed E-state index contributed by atoms with van der Waals surface area (Å²) in [6.07, 6.45) is 0. The summed E-state index contributed by atoms with van der Waals surface area (Å²) in [6, 6.07) is 2.48. The molecule has 0 radical (unpaired) electrons. The van der Waals surface area contributed by atoms with Crippen LogP contribution in [0, 0.1) is 10.1 Å². The predicted octanol–water partition coefficient (Wildman–Crippen LogP) is 0.932. The van der Waals surface area contributed by atoms with Gasteiger partial charge in [-0.1, -0.05) is 0 Å². The van der Waals surface area contributed by atoms with E-state index in [2.05, 4.69) is 0 Å². The first kappa shape index (κ1) is 10.4. The van der Waals surface area contributed by atoms with Gasteiger partial charge >= 0.3 is 5.88 Å². The van der Waals surface area contributed by atoms with Gasteiger partial charge in [0.25, 0.3) is 0 Å². The van der Waals surface area contributed by atoms with Crippen LogP contribution in [0.1, 0.15) is 10.6 Å². The maximum Gasteiger partial charge on any atom is 0.433 e. The van der Waals surface area contributed by atoms with Crippen molar-refractivity contribution in [3.05, 3.63) is 28.0 Å². The number of furan rings is 1. The van der Waals surface area contributed by atoms with Gasteiger partial charge in [-0.05, 0) is 20.2 Å². The van der Waals surface area contributed by atoms with Crippen molar-refractivity contribution in [3.63, 3.8) is 0 Å². The summed E-state index contributed by atoms with van der Waals surface area (Å²) in [5.74, 6) is -0.666. The van der Waals surface area contributed by atoms with Crippen LogP contribution in [-0.2, 0) is 0 Å². The molecule has 6 nitrogen and oxygen atoms in total. The molecule has 0 bridgehead atoms. The average molecular weight is 198 g/mol. The standard InChI is InChI=1S/C8H10N2O4/c1-9(2)5-6(11)7-3-4-8(14-7)10(12)13/h3-4H,5H2,1-2H3. The first-order chi connectivity index (χ1) is 6.50. The number of rotatable bonds is 4. The Morgan fingerprint density at radius 1 is 1.57 bits per heavy atom. The Morgan fingerprint density at radius 2 is 2.21 bits per heavy atom. The van der Waals surface area contributed by atoms with Crippen molar-refractivity contribution in [3.8, 4) is 0 Å². The molecule has 0 unspecified atom stereocenters. The fraction of sp³-hybridized carbons (Fsp3) is 0.375. The molecule has 0 aliphatic carbocycles. The van der Waals surface area contributed by atoms with E-state index in [1.165, 1.54) is 12.1 Å². The highest BCUT2D eigenvalue weighted by Crippen LogP contribution is 2.15. The number of nitro groups is 1. The zero-order chi connectivity index (χ0) is 10.7. The fourth-order valence-corrected chi connectivity index (χ4v) is 0.941. The highest BCUT2D eigenvalue weighted by molar-refractivity contribution is 5.95. The van der Waals surface area contributed by atoms with Crippen molar-refractivity contribution >= 4 is 11.7 Å². The van der Waals surface area contributed by atoms with Crippen LogP contribution in [0.15, 0.2) is 16.5 Å². The average Bonchev–Trinajstić information content (AvgIpc) is 2.50. The molecule has 0 saturated carbocycles. The summed E-state index contributed by atoms with van der Waals surface area (Å²) in [5, 5.41) is 10.2. The summed E-state index contributed by atoms with van der Waals surface area (Å²) in [6.45, 7) is 0.171. The normalized spacial score (nSPS) is 10.5. The Bertz CT molecular complexity index is 356. The molecular formula is C8H10N2O4. The maximum absolute atomic E-state index is 11.3. The van der Waals surface area contributed by atoms with E-state index in [4.69, 9.17) is 4.42 Å². The van der Waals surface area contributed by atoms with E-state index in [1.807, 2.05) is 0 Å². The molecule has 76 valence electrons. The number of nitrogens with zero attached hydrogens (tertiary/aromatic N) is 2. The third kappa shape index (κ3) is 2.40. The third-order valence-electron chi connectivity index (χ3n) is 1.51. The lowest BCUT2D eigenvalue weighted by Crippen LogP contribution is -2.21. The Kier molecular flexibility index (Phi) is 2.98. The van der Waals surface area contributed by atoms with Crippen LogP contribution >= 0.6 is 0 Å². The second-order valence-electron chi connectivity index (χ2n) is 3.06. The third-order valence-corrected chi connectivity index (χ3v) is 1.51. The SMILES string of the molecule is CN(C)CC(=O)c1ccc([N+](=O)[O-])o1. The molecule has 1 rings (SSSR count). The summed E-state index contributed by atoms with van der Waals surface area (Å²) in [4.78, 5) is 22.6. The molecule has 0 fully saturated rings. The topological polar surface area (TPSA) is 76.6 Å². The molecule has 1 aromatic rings. The van der Waals surface area contributed by atoms with Crippen molar-refractivity contribution in [1.82, 2.24) is 4.90 Å². The number of likely N-dealkylation sites (N-methyl/N-ethyl adjacent to an activating group) is 1. The zero-order valence-electron chi connectivity index (χ0n) is 7.89. The molecule has 0 amide bonds. The Labute approximate surface area is 80.3 Å². The molecule has 0 saturated heterocycles. The molecular weight excluding hydrogens is 188 g/mol. The highest BCUT2D eigenvalue weighted by atomic mass is 16.6. The number of hydrogen-bond acceptors (Lipinski definition) is 5. The maximum atomic E-state index is 11.3. The first-order valence-electron chi connectivity index (χ1n) is 3.93. The minimum Gasteiger partial charge on any atom is -0.397 e. The molecule has 0 N–H and O–H groups in total. The number of carbonyl (C=O) groups is 1. The van der Waals surface area contributed by atoms with E-state index in [-0.39, 0.29) is 18.1 Å². The van der Waals surface area contributed by atoms with E-state index in [0.717, 1.165) is 0 Å². The monoisotopic (exact) mass is 198 g/mol. The van der Waals surface area contributed by atoms with Crippen LogP contribution < -0.4 is 0 Å². The molecule has 0 spiro atoms. The fourth-order valence-electron chi connectivity index (χ4n) is 0.941. The molecule has 0 aliphatic heterocycles. The van der Waals surface area contributed by atoms with E-state index in [9.17, 15) is 14.9 Å². The number of carbonyl (C=O) groups excluding carboxylic acids is 1. The lowest BCUT2D eigenvalue weighted by molar-refractivity contribution is -0.402. The van der Waals surface area contributed by atoms with Gasteiger partial charge in [-0.3, -0.25) is 14.9 Å². The van der Waals surface area contributed by atoms with Gasteiger partial charge in [0.1, 0.15) is 4.92 Å². The van der Waals surface area contributed by atoms with Crippen molar-refractivity contribution < 1.29 is 14.1 Å². The van der Waals surface area contributed by atoms with Gasteiger partial charge in [0.15, 0.2) is 5.76 Å². The van der Waals surface area contributed by atoms with Gasteiger partial charge in [-0.25, -0.2) is 0 Å². The Balaban J connectivity index is 2.76. The van der Waals surface area contributed by atoms with Crippen LogP contribution in [0.2, 0.25) is 0 Å². The highest BCUT2D eigenvalue weighted by Gasteiger charge is 2.17. The summed E-state index contributed by atoms with van der Waals surface area (Å²) < 4.78 is 4.73. The van der Waals surface area contributed by atoms with Crippen molar-refractivity contribution in [1.29, 1.82) is 0 Å². The smallest absolute Gasteiger partial charge is 0.397 e. The second-order valence-corrected chi connectivity index (χ2v) is 3.06. The van der Waals surface area contributed by atoms with Crippen molar-refractivity contribution in [2.45, 2.75) is 0 Å². The molecule has 0 aromatic carbocycles. The van der Waals surface area contributed by atoms with Crippen molar-refractivity contribution in [2.24, 2.45) is 0 Å². The quantitative estimate of drug-likeness (QED) is 0.408. The summed E-state index contributed by atoms with van der Waals surface area (Å²) >= 11 is 0. The summed E-state index contributed by atoms with van der Waals surface area (Å²) in [5.41, 5.74) is 0. The minimum atomic E-state index is -0.674. The van der Waals surface area contributed by atoms with Crippen LogP contribution in [-0.4, -0.2) is 36.2 Å². The Hall–Kier alpha value is -1.69. The van der Waals surface area contributed by atoms with E-state index in [0.29, 0.717) is 0 Å². The van der Waals surface area contributed by atoms with Gasteiger partial charge < -0.3 is 9.32 Å². The Morgan fingerprint density at radius 3 is 2.64 bits per heavy atom. The van der Waals surface area contributed by atoms with Crippen molar-refractivity contribution in [2.75, 3.05) is 20.6 Å². The number of Topliss-reactive ketones (excluding diaryl/α,β-unsaturated/α-hetero) is 1. The van der Waals surface area contributed by atoms with Crippen LogP contribution in [0.5, 0.6) is 0 Å². The zero-order valence-corrected chi connectivity index (χ0v) is 7.89. The van der Waals surface area contributed by atoms with Gasteiger partial charge in [0.2, 0.25) is 5.78 Å². The van der Waals surface area contributed by atoms with E-state index < -0.39 is 10.8 Å². The summed E-state index contributed by atoms with van der Waals surface area (Å²) in [7, 11) is 3.46. The molecule has 6 heteroatoms. The van der Waals surface area contributed by atoms with Gasteiger partial charge in [0, 0.05) is 0 Å². The number of ketones is 1. The molecule has 1 heterocycles. The van der Waals surface area contributed by atoms with Crippen LogP contribution in [0.25, 0.3) is 0 Å². The lowest BCUT2D eigenvalue weighted by Gasteiger charge is -2.05. The lowest BCUT2D eigenvalue weighted by atomic mass is 10.3. The van der Waals surface area contributed by atoms with E-state index in [1.54, 1.807) is 19.0 Å². The molecule has 0 aliphatic rings. The molecule has 14 heavy (non-hydrogen) atoms. The first-order valence-corrected chi connectivity index (χ1v) is 3.93. The predicted molar refractivity (Wildman–Crippen MR) is 48.2 cm³/mol. The minimum absolute atomic E-state index is 0.0189. The number of hydrogen-bond donors (Lipinski definition) is 0. The molecule has 0 atom stereocenters. The van der Waals surface area contributed by atoms with Gasteiger partial charge in [0.05, 0.1) is 12.6 Å². The molecule has 1 aromatic heterocycles. The largest absolute Gasteiger partial charge is 0.433 e. The van der Waals surface area contributed by atoms with Crippen LogP contribution in [0.3, 0.4) is 0 Å².